The van der Waals surface area contributed by atoms with Gasteiger partial charge in [0.05, 0.1) is 6.61 Å². The highest BCUT2D eigenvalue weighted by Crippen LogP contribution is 2.20. The molecule has 0 aliphatic heterocycles. The first-order chi connectivity index (χ1) is 45.6. The third-order valence-corrected chi connectivity index (χ3v) is 18.1. The zero-order valence-corrected chi connectivity index (χ0v) is 61.3. The van der Waals surface area contributed by atoms with Crippen LogP contribution in [0.3, 0.4) is 0 Å². The lowest BCUT2D eigenvalue weighted by Crippen LogP contribution is -2.28. The molecule has 0 radical (unpaired) electrons. The Hall–Kier alpha value is -3.44. The van der Waals surface area contributed by atoms with Crippen molar-refractivity contribution < 1.29 is 24.2 Å². The van der Waals surface area contributed by atoms with Crippen molar-refractivity contribution in [3.8, 4) is 0 Å². The van der Waals surface area contributed by atoms with Gasteiger partial charge in [0.15, 0.2) is 6.10 Å². The summed E-state index contributed by atoms with van der Waals surface area (Å²) in [7, 11) is 0. The Kier molecular flexibility index (Phi) is 78.7. The van der Waals surface area contributed by atoms with E-state index in [0.717, 1.165) is 96.3 Å². The van der Waals surface area contributed by atoms with Gasteiger partial charge in [0.1, 0.15) is 6.61 Å². The molecule has 1 N–H and O–H groups in total. The second-order valence-electron chi connectivity index (χ2n) is 27.1. The summed E-state index contributed by atoms with van der Waals surface area (Å²) in [5.74, 6) is -0.568. The largest absolute Gasteiger partial charge is 0.462 e. The van der Waals surface area contributed by atoms with Gasteiger partial charge in [-0.15, -0.1) is 0 Å². The Labute approximate surface area is 573 Å². The first-order valence-corrected chi connectivity index (χ1v) is 40.4. The molecule has 0 fully saturated rings. The fraction of sp³-hybridized carbons (Fsp3) is 0.770. The van der Waals surface area contributed by atoms with Crippen LogP contribution in [0.25, 0.3) is 0 Å². The molecule has 0 aliphatic rings. The number of hydrogen-bond acceptors (Lipinski definition) is 5. The Balaban J connectivity index is 3.38. The predicted octanol–water partition coefficient (Wildman–Crippen LogP) is 28.7. The maximum atomic E-state index is 12.4. The van der Waals surface area contributed by atoms with Crippen molar-refractivity contribution in [3.05, 3.63) is 109 Å². The molecule has 5 heteroatoms. The van der Waals surface area contributed by atoms with E-state index < -0.39 is 6.10 Å². The number of aliphatic hydroxyl groups excluding tert-OH is 1. The quantitative estimate of drug-likeness (QED) is 0.0373. The lowest BCUT2D eigenvalue weighted by atomic mass is 10.0. The number of carbonyl (C=O) groups excluding carboxylic acids is 2. The molecule has 0 rings (SSSR count). The van der Waals surface area contributed by atoms with Crippen molar-refractivity contribution in [1.29, 1.82) is 0 Å². The van der Waals surface area contributed by atoms with Gasteiger partial charge >= 0.3 is 11.9 Å². The van der Waals surface area contributed by atoms with Crippen molar-refractivity contribution in [2.45, 2.75) is 418 Å². The van der Waals surface area contributed by atoms with Crippen LogP contribution >= 0.6 is 0 Å². The number of hydrogen-bond donors (Lipinski definition) is 1. The summed E-state index contributed by atoms with van der Waals surface area (Å²) < 4.78 is 10.8. The topological polar surface area (TPSA) is 72.8 Å². The van der Waals surface area contributed by atoms with Gasteiger partial charge in [-0.25, -0.2) is 0 Å². The average molecular weight is 1280 g/mol. The number of unbranched alkanes of at least 4 members (excludes halogenated alkanes) is 49. The van der Waals surface area contributed by atoms with Crippen LogP contribution in [0.5, 0.6) is 0 Å². The number of allylic oxidation sites excluding steroid dienone is 18. The highest BCUT2D eigenvalue weighted by Gasteiger charge is 2.16. The third-order valence-electron chi connectivity index (χ3n) is 18.1. The second kappa shape index (κ2) is 81.8. The van der Waals surface area contributed by atoms with Gasteiger partial charge in [0.2, 0.25) is 0 Å². The fourth-order valence-electron chi connectivity index (χ4n) is 12.1. The summed E-state index contributed by atoms with van der Waals surface area (Å²) in [5, 5.41) is 9.73. The summed E-state index contributed by atoms with van der Waals surface area (Å²) in [5.41, 5.74) is 0. The van der Waals surface area contributed by atoms with E-state index >= 15 is 0 Å². The molecule has 0 aromatic rings. The number of esters is 2. The van der Waals surface area contributed by atoms with Crippen molar-refractivity contribution >= 4 is 11.9 Å². The van der Waals surface area contributed by atoms with Crippen LogP contribution in [-0.2, 0) is 19.1 Å². The monoisotopic (exact) mass is 1280 g/mol. The van der Waals surface area contributed by atoms with Crippen LogP contribution in [0, 0.1) is 0 Å². The SMILES string of the molecule is CC/C=C\C/C=C\C/C=C\C/C=C\C/C=C\CCCCCCCCCCCCCCCCCCCCCCCC(=O)OC(CO)COC(=O)CCCCCCCCCCCCCCCCCCCCCCCCCCCCCC/C=C\C/C=C\C/C=C\C/C=C\CC. The maximum Gasteiger partial charge on any atom is 0.306 e. The maximum absolute atomic E-state index is 12.4. The number of ether oxygens (including phenoxy) is 2. The minimum absolute atomic E-state index is 0.0621. The van der Waals surface area contributed by atoms with Crippen LogP contribution in [0.4, 0.5) is 0 Å². The molecular weight excluding hydrogens is 1120 g/mol. The van der Waals surface area contributed by atoms with Crippen molar-refractivity contribution in [2.24, 2.45) is 0 Å². The van der Waals surface area contributed by atoms with E-state index in [2.05, 4.69) is 123 Å². The summed E-state index contributed by atoms with van der Waals surface area (Å²) in [6, 6.07) is 0. The molecule has 1 atom stereocenters. The smallest absolute Gasteiger partial charge is 0.306 e. The van der Waals surface area contributed by atoms with Gasteiger partial charge in [-0.3, -0.25) is 9.59 Å². The number of carbonyl (C=O) groups is 2. The average Bonchev–Trinajstić information content (AvgIpc) is 3.70. The first kappa shape index (κ1) is 88.6. The molecule has 0 aromatic heterocycles. The highest BCUT2D eigenvalue weighted by molar-refractivity contribution is 5.70. The van der Waals surface area contributed by atoms with Gasteiger partial charge in [-0.05, 0) is 96.3 Å². The Morgan fingerprint density at radius 1 is 0.250 bits per heavy atom. The van der Waals surface area contributed by atoms with E-state index in [4.69, 9.17) is 9.47 Å². The van der Waals surface area contributed by atoms with E-state index in [9.17, 15) is 14.7 Å². The van der Waals surface area contributed by atoms with Crippen molar-refractivity contribution in [2.75, 3.05) is 13.2 Å². The van der Waals surface area contributed by atoms with Gasteiger partial charge in [-0.2, -0.15) is 0 Å². The molecule has 0 aromatic carbocycles. The standard InChI is InChI=1S/C87H154O5/c1-3-5-7-9-11-13-15-17-19-21-23-25-27-29-31-33-35-37-39-41-42-43-44-46-47-49-51-53-55-57-59-61-63-65-67-69-71-73-75-77-79-81-86(89)91-84-85(83-88)92-87(90)82-80-78-76-74-72-70-68-66-64-62-60-58-56-54-52-50-48-45-40-38-36-34-32-30-28-26-24-22-20-18-16-14-12-10-8-6-4-2/h5-8,11-14,17-20,23-26,30,32,85,88H,3-4,9-10,15-16,21-22,27-29,31,33-84H2,1-2H3/b7-5-,8-6-,13-11-,14-12-,19-17-,20-18-,25-23-,26-24-,32-30-. The third kappa shape index (κ3) is 79.0. The summed E-state index contributed by atoms with van der Waals surface area (Å²) in [6.45, 7) is 3.96. The minimum Gasteiger partial charge on any atom is -0.462 e. The van der Waals surface area contributed by atoms with Gasteiger partial charge in [-0.1, -0.05) is 412 Å². The van der Waals surface area contributed by atoms with E-state index in [-0.39, 0.29) is 25.2 Å². The molecule has 0 bridgehead atoms. The second-order valence-corrected chi connectivity index (χ2v) is 27.1. The number of rotatable bonds is 75. The molecular formula is C87H154O5. The normalized spacial score (nSPS) is 12.8. The zero-order valence-electron chi connectivity index (χ0n) is 61.3. The van der Waals surface area contributed by atoms with Crippen LogP contribution in [0.15, 0.2) is 109 Å². The Bertz CT molecular complexity index is 1740. The van der Waals surface area contributed by atoms with Crippen LogP contribution in [-0.4, -0.2) is 36.4 Å². The molecule has 0 saturated carbocycles. The molecule has 0 saturated heterocycles. The summed E-state index contributed by atoms with van der Waals surface area (Å²) in [4.78, 5) is 24.7. The molecule has 0 spiro atoms. The summed E-state index contributed by atoms with van der Waals surface area (Å²) in [6.07, 6.45) is 119. The molecule has 5 nitrogen and oxygen atoms in total. The molecule has 532 valence electrons. The zero-order chi connectivity index (χ0) is 66.1. The van der Waals surface area contributed by atoms with Gasteiger partial charge in [0, 0.05) is 12.8 Å². The lowest BCUT2D eigenvalue weighted by Gasteiger charge is -2.15. The van der Waals surface area contributed by atoms with Crippen molar-refractivity contribution in [3.63, 3.8) is 0 Å². The van der Waals surface area contributed by atoms with Crippen LogP contribution in [0.2, 0.25) is 0 Å². The van der Waals surface area contributed by atoms with Crippen molar-refractivity contribution in [1.82, 2.24) is 0 Å². The predicted molar refractivity (Wildman–Crippen MR) is 408 cm³/mol. The van der Waals surface area contributed by atoms with E-state index in [1.165, 1.54) is 289 Å². The fourth-order valence-corrected chi connectivity index (χ4v) is 12.1. The number of aliphatic hydroxyl groups is 1. The van der Waals surface area contributed by atoms with Gasteiger partial charge in [0.25, 0.3) is 0 Å². The molecule has 0 aliphatic carbocycles. The molecule has 1 unspecified atom stereocenters. The Morgan fingerprint density at radius 2 is 0.435 bits per heavy atom. The first-order valence-electron chi connectivity index (χ1n) is 40.4. The van der Waals surface area contributed by atoms with Crippen LogP contribution < -0.4 is 0 Å². The highest BCUT2D eigenvalue weighted by atomic mass is 16.6. The summed E-state index contributed by atoms with van der Waals surface area (Å²) >= 11 is 0. The Morgan fingerprint density at radius 3 is 0.652 bits per heavy atom. The molecule has 92 heavy (non-hydrogen) atoms. The minimum atomic E-state index is -0.774. The van der Waals surface area contributed by atoms with E-state index in [1.807, 2.05) is 0 Å². The van der Waals surface area contributed by atoms with E-state index in [1.54, 1.807) is 0 Å². The van der Waals surface area contributed by atoms with Crippen LogP contribution in [0.1, 0.15) is 412 Å². The molecule has 0 heterocycles. The molecule has 0 amide bonds. The van der Waals surface area contributed by atoms with E-state index in [0.29, 0.717) is 12.8 Å². The lowest BCUT2D eigenvalue weighted by molar-refractivity contribution is -0.161. The van der Waals surface area contributed by atoms with Gasteiger partial charge < -0.3 is 14.6 Å².